The lowest BCUT2D eigenvalue weighted by Gasteiger charge is -2.27. The van der Waals surface area contributed by atoms with Crippen molar-refractivity contribution in [3.05, 3.63) is 0 Å². The van der Waals surface area contributed by atoms with Crippen LogP contribution in [0.25, 0.3) is 0 Å². The van der Waals surface area contributed by atoms with E-state index in [0.29, 0.717) is 24.4 Å². The number of hydrogen-bond acceptors (Lipinski definition) is 8. The number of carbonyl (C=O) groups is 5. The van der Waals surface area contributed by atoms with Gasteiger partial charge in [-0.1, -0.05) is 5.06 Å². The molecule has 146 valence electrons. The number of esters is 1. The molecule has 1 saturated carbocycles. The molecule has 2 fully saturated rings. The first kappa shape index (κ1) is 20.2. The summed E-state index contributed by atoms with van der Waals surface area (Å²) in [7, 11) is 0. The SMILES string of the molecule is C#CC(=O)NCC1CCC(C(=O)OCOC(=O)ON2C(=O)CCC2=O)CC1. The minimum atomic E-state index is -1.31. The van der Waals surface area contributed by atoms with Crippen LogP contribution < -0.4 is 5.32 Å². The van der Waals surface area contributed by atoms with Gasteiger partial charge in [0.15, 0.2) is 0 Å². The van der Waals surface area contributed by atoms with Gasteiger partial charge in [0.05, 0.1) is 5.92 Å². The van der Waals surface area contributed by atoms with Crippen molar-refractivity contribution in [3.63, 3.8) is 0 Å². The van der Waals surface area contributed by atoms with Crippen LogP contribution in [0.15, 0.2) is 0 Å². The highest BCUT2D eigenvalue weighted by molar-refractivity contribution is 6.01. The van der Waals surface area contributed by atoms with Gasteiger partial charge in [-0.2, -0.15) is 0 Å². The van der Waals surface area contributed by atoms with E-state index in [9.17, 15) is 24.0 Å². The summed E-state index contributed by atoms with van der Waals surface area (Å²) in [6, 6.07) is 0. The van der Waals surface area contributed by atoms with Gasteiger partial charge < -0.3 is 14.8 Å². The van der Waals surface area contributed by atoms with Crippen molar-refractivity contribution < 1.29 is 38.3 Å². The van der Waals surface area contributed by atoms with Crippen LogP contribution in [0.4, 0.5) is 4.79 Å². The minimum absolute atomic E-state index is 0.0316. The molecule has 2 rings (SSSR count). The number of amides is 3. The molecule has 1 saturated heterocycles. The first-order chi connectivity index (χ1) is 12.9. The monoisotopic (exact) mass is 380 g/mol. The van der Waals surface area contributed by atoms with Gasteiger partial charge in [-0.25, -0.2) is 4.79 Å². The molecule has 0 radical (unpaired) electrons. The number of rotatable bonds is 6. The lowest BCUT2D eigenvalue weighted by Crippen LogP contribution is -2.33. The molecule has 1 aliphatic heterocycles. The van der Waals surface area contributed by atoms with Gasteiger partial charge in [0.25, 0.3) is 17.7 Å². The summed E-state index contributed by atoms with van der Waals surface area (Å²) in [5.41, 5.74) is 0. The van der Waals surface area contributed by atoms with E-state index in [2.05, 4.69) is 14.9 Å². The van der Waals surface area contributed by atoms with Crippen molar-refractivity contribution in [2.24, 2.45) is 11.8 Å². The molecular weight excluding hydrogens is 360 g/mol. The van der Waals surface area contributed by atoms with Gasteiger partial charge in [0, 0.05) is 19.4 Å². The molecule has 1 heterocycles. The van der Waals surface area contributed by atoms with Gasteiger partial charge in [-0.15, -0.1) is 6.42 Å². The van der Waals surface area contributed by atoms with E-state index < -0.39 is 36.6 Å². The smallest absolute Gasteiger partial charge is 0.427 e. The average molecular weight is 380 g/mol. The lowest BCUT2D eigenvalue weighted by molar-refractivity contribution is -0.183. The largest absolute Gasteiger partial charge is 0.536 e. The van der Waals surface area contributed by atoms with Crippen molar-refractivity contribution >= 4 is 29.8 Å². The number of terminal acetylenes is 1. The summed E-state index contributed by atoms with van der Waals surface area (Å²) < 4.78 is 9.42. The Labute approximate surface area is 155 Å². The second-order valence-electron chi connectivity index (χ2n) is 6.22. The quantitative estimate of drug-likeness (QED) is 0.301. The first-order valence-corrected chi connectivity index (χ1v) is 8.52. The van der Waals surface area contributed by atoms with E-state index in [1.807, 2.05) is 5.92 Å². The number of nitrogens with one attached hydrogen (secondary N) is 1. The molecule has 0 aromatic rings. The number of ether oxygens (including phenoxy) is 2. The second kappa shape index (κ2) is 9.56. The highest BCUT2D eigenvalue weighted by Crippen LogP contribution is 2.29. The number of hydrogen-bond donors (Lipinski definition) is 1. The Morgan fingerprint density at radius 1 is 1.07 bits per heavy atom. The third-order valence-corrected chi connectivity index (χ3v) is 4.41. The van der Waals surface area contributed by atoms with Crippen LogP contribution >= 0.6 is 0 Å². The molecule has 1 N–H and O–H groups in total. The fourth-order valence-corrected chi connectivity index (χ4v) is 2.90. The van der Waals surface area contributed by atoms with Crippen molar-refractivity contribution in [3.8, 4) is 12.3 Å². The summed E-state index contributed by atoms with van der Waals surface area (Å²) in [5, 5.41) is 2.95. The van der Waals surface area contributed by atoms with Crippen LogP contribution in [0.5, 0.6) is 0 Å². The number of nitrogens with zero attached hydrogens (tertiary/aromatic N) is 1. The summed E-state index contributed by atoms with van der Waals surface area (Å²) in [5.74, 6) is -0.351. The van der Waals surface area contributed by atoms with E-state index in [0.717, 1.165) is 12.8 Å². The van der Waals surface area contributed by atoms with Crippen LogP contribution in [0, 0.1) is 24.2 Å². The van der Waals surface area contributed by atoms with Crippen molar-refractivity contribution in [2.75, 3.05) is 13.3 Å². The predicted molar refractivity (Wildman–Crippen MR) is 86.9 cm³/mol. The number of carbonyl (C=O) groups excluding carboxylic acids is 5. The molecular formula is C17H20N2O8. The Morgan fingerprint density at radius 3 is 2.30 bits per heavy atom. The Balaban J connectivity index is 1.61. The van der Waals surface area contributed by atoms with E-state index in [1.54, 1.807) is 0 Å². The van der Waals surface area contributed by atoms with E-state index >= 15 is 0 Å². The van der Waals surface area contributed by atoms with Crippen LogP contribution in [0.2, 0.25) is 0 Å². The zero-order chi connectivity index (χ0) is 19.8. The number of hydroxylamine groups is 2. The lowest BCUT2D eigenvalue weighted by atomic mass is 9.82. The highest BCUT2D eigenvalue weighted by Gasteiger charge is 2.33. The third kappa shape index (κ3) is 5.99. The summed E-state index contributed by atoms with van der Waals surface area (Å²) in [6.07, 6.45) is 6.22. The van der Waals surface area contributed by atoms with E-state index in [4.69, 9.17) is 11.2 Å². The Bertz CT molecular complexity index is 644. The van der Waals surface area contributed by atoms with Crippen molar-refractivity contribution in [1.82, 2.24) is 10.4 Å². The molecule has 2 aliphatic rings. The molecule has 27 heavy (non-hydrogen) atoms. The predicted octanol–water partition coefficient (Wildman–Crippen LogP) is 0.260. The van der Waals surface area contributed by atoms with Crippen LogP contribution in [-0.2, 0) is 33.5 Å². The normalized spacial score (nSPS) is 22.0. The standard InChI is InChI=1S/C17H20N2O8/c1-2-13(20)18-9-11-3-5-12(6-4-11)16(23)25-10-26-17(24)27-19-14(21)7-8-15(19)22/h1,11-12H,3-10H2,(H,18,20). The second-order valence-corrected chi connectivity index (χ2v) is 6.22. The zero-order valence-corrected chi connectivity index (χ0v) is 14.6. The minimum Gasteiger partial charge on any atom is -0.427 e. The van der Waals surface area contributed by atoms with Crippen LogP contribution in [0.1, 0.15) is 38.5 Å². The van der Waals surface area contributed by atoms with E-state index in [1.165, 1.54) is 0 Å². The summed E-state index contributed by atoms with van der Waals surface area (Å²) >= 11 is 0. The molecule has 0 aromatic carbocycles. The first-order valence-electron chi connectivity index (χ1n) is 8.52. The van der Waals surface area contributed by atoms with Gasteiger partial charge >= 0.3 is 12.1 Å². The average Bonchev–Trinajstić information content (AvgIpc) is 2.98. The fourth-order valence-electron chi connectivity index (χ4n) is 2.90. The maximum atomic E-state index is 12.0. The maximum Gasteiger partial charge on any atom is 0.536 e. The fraction of sp³-hybridized carbons (Fsp3) is 0.588. The Hall–Kier alpha value is -3.09. The van der Waals surface area contributed by atoms with Gasteiger partial charge in [-0.3, -0.25) is 24.0 Å². The molecule has 0 aromatic heterocycles. The maximum absolute atomic E-state index is 12.0. The molecule has 10 heteroatoms. The molecule has 10 nitrogen and oxygen atoms in total. The Morgan fingerprint density at radius 2 is 1.70 bits per heavy atom. The zero-order valence-electron chi connectivity index (χ0n) is 14.6. The van der Waals surface area contributed by atoms with Crippen LogP contribution in [-0.4, -0.2) is 48.2 Å². The molecule has 3 amide bonds. The molecule has 0 spiro atoms. The summed E-state index contributed by atoms with van der Waals surface area (Å²) in [6.45, 7) is -0.209. The molecule has 0 atom stereocenters. The molecule has 0 bridgehead atoms. The van der Waals surface area contributed by atoms with Gasteiger partial charge in [-0.05, 0) is 37.5 Å². The van der Waals surface area contributed by atoms with Crippen molar-refractivity contribution in [1.29, 1.82) is 0 Å². The van der Waals surface area contributed by atoms with Gasteiger partial charge in [0.1, 0.15) is 0 Å². The summed E-state index contributed by atoms with van der Waals surface area (Å²) in [4.78, 5) is 61.5. The third-order valence-electron chi connectivity index (χ3n) is 4.41. The molecule has 1 aliphatic carbocycles. The van der Waals surface area contributed by atoms with Crippen LogP contribution in [0.3, 0.4) is 0 Å². The van der Waals surface area contributed by atoms with Gasteiger partial charge in [0.2, 0.25) is 6.79 Å². The number of imide groups is 1. The Kier molecular flexibility index (Phi) is 7.16. The highest BCUT2D eigenvalue weighted by atomic mass is 16.9. The topological polar surface area (TPSA) is 128 Å². The van der Waals surface area contributed by atoms with Crippen molar-refractivity contribution in [2.45, 2.75) is 38.5 Å². The van der Waals surface area contributed by atoms with E-state index in [-0.39, 0.29) is 24.7 Å². The molecule has 0 unspecified atom stereocenters.